The number of likely N-dealkylation sites (N-methyl/N-ethyl adjacent to an activating group) is 1. The van der Waals surface area contributed by atoms with Crippen LogP contribution >= 0.6 is 0 Å². The normalized spacial score (nSPS) is 17.0. The highest BCUT2D eigenvalue weighted by molar-refractivity contribution is 5.96. The number of aliphatic carboxylic acids is 2. The molecule has 15 heteroatoms. The Morgan fingerprint density at radius 3 is 1.51 bits per heavy atom. The molecule has 1 fully saturated rings. The number of phenols is 1. The molecule has 0 bridgehead atoms. The Labute approximate surface area is 318 Å². The molecule has 1 aliphatic rings. The molecule has 6 atom stereocenters. The predicted molar refractivity (Wildman–Crippen MR) is 199 cm³/mol. The molecule has 15 nitrogen and oxygen atoms in total. The molecule has 0 heterocycles. The van der Waals surface area contributed by atoms with Crippen LogP contribution in [0.15, 0.2) is 84.9 Å². The smallest absolute Gasteiger partial charge is 0.307 e. The van der Waals surface area contributed by atoms with Crippen LogP contribution in [-0.2, 0) is 52.8 Å². The van der Waals surface area contributed by atoms with Crippen molar-refractivity contribution in [1.29, 1.82) is 0 Å². The zero-order valence-corrected chi connectivity index (χ0v) is 30.4. The first kappa shape index (κ1) is 41.5. The monoisotopic (exact) mass is 757 g/mol. The number of phenolic OH excluding ortho intramolecular Hbond substituents is 1. The minimum absolute atomic E-state index is 0.0214. The Kier molecular flexibility index (Phi) is 15.3. The molecule has 55 heavy (non-hydrogen) atoms. The van der Waals surface area contributed by atoms with Gasteiger partial charge in [-0.2, -0.15) is 0 Å². The first-order valence-corrected chi connectivity index (χ1v) is 18.1. The molecule has 4 rings (SSSR count). The quantitative estimate of drug-likeness (QED) is 0.0876. The lowest BCUT2D eigenvalue weighted by Gasteiger charge is -2.27. The number of amides is 5. The van der Waals surface area contributed by atoms with E-state index >= 15 is 0 Å². The van der Waals surface area contributed by atoms with E-state index in [2.05, 4.69) is 26.6 Å². The number of carbonyl (C=O) groups excluding carboxylic acids is 5. The Balaban J connectivity index is 1.59. The summed E-state index contributed by atoms with van der Waals surface area (Å²) in [6, 6.07) is 18.4. The summed E-state index contributed by atoms with van der Waals surface area (Å²) in [6.45, 7) is 0. The van der Waals surface area contributed by atoms with Crippen molar-refractivity contribution >= 4 is 41.5 Å². The van der Waals surface area contributed by atoms with Gasteiger partial charge in [0.25, 0.3) is 0 Å². The van der Waals surface area contributed by atoms with Crippen molar-refractivity contribution < 1.29 is 48.9 Å². The number of nitrogens with one attached hydrogen (secondary N) is 5. The number of hydrogen-bond donors (Lipinski definition) is 8. The van der Waals surface area contributed by atoms with Crippen LogP contribution in [-0.4, -0.2) is 88.0 Å². The Morgan fingerprint density at radius 2 is 1.02 bits per heavy atom. The molecule has 292 valence electrons. The summed E-state index contributed by atoms with van der Waals surface area (Å²) in [7, 11) is 1.41. The van der Waals surface area contributed by atoms with E-state index in [0.717, 1.165) is 5.56 Å². The highest BCUT2D eigenvalue weighted by Gasteiger charge is 2.39. The Bertz CT molecular complexity index is 1810. The fourth-order valence-corrected chi connectivity index (χ4v) is 6.57. The maximum Gasteiger partial charge on any atom is 0.307 e. The zero-order chi connectivity index (χ0) is 39.9. The van der Waals surface area contributed by atoms with Gasteiger partial charge in [-0.3, -0.25) is 33.6 Å². The third kappa shape index (κ3) is 12.7. The SMILES string of the molecule is CNC(=O)[C@H](Cc1ccccc1)NC(=O)[C@H](CCC(=O)O)NC(=O)[C@H](Cc1ccccc1)NC(=O)[C@H](Cc1ccc(O)cc1)NC(=O)[C@H]1CCC[C@@H]1C(=O)O. The summed E-state index contributed by atoms with van der Waals surface area (Å²) >= 11 is 0. The van der Waals surface area contributed by atoms with Gasteiger partial charge in [0.05, 0.1) is 11.8 Å². The number of carboxylic acid groups (broad SMARTS) is 2. The van der Waals surface area contributed by atoms with Gasteiger partial charge in [-0.25, -0.2) is 0 Å². The predicted octanol–water partition coefficient (Wildman–Crippen LogP) is 1.47. The third-order valence-electron chi connectivity index (χ3n) is 9.54. The van der Waals surface area contributed by atoms with Crippen LogP contribution in [0.3, 0.4) is 0 Å². The molecule has 0 radical (unpaired) electrons. The summed E-state index contributed by atoms with van der Waals surface area (Å²) in [5, 5.41) is 42.0. The van der Waals surface area contributed by atoms with Crippen LogP contribution in [0.25, 0.3) is 0 Å². The van der Waals surface area contributed by atoms with Gasteiger partial charge in [0.1, 0.15) is 29.9 Å². The lowest BCUT2D eigenvalue weighted by molar-refractivity contribution is -0.146. The van der Waals surface area contributed by atoms with E-state index in [9.17, 15) is 48.9 Å². The van der Waals surface area contributed by atoms with E-state index in [-0.39, 0.29) is 31.4 Å². The standard InChI is InChI=1S/C40H47N5O10/c1-41-36(50)31(21-24-9-4-2-5-10-24)44-37(51)30(19-20-34(47)48)42-38(52)33(22-25-11-6-3-7-12-25)45-39(53)32(23-26-15-17-27(46)18-16-26)43-35(49)28-13-8-14-29(28)40(54)55/h2-7,9-12,15-18,28-33,46H,8,13-14,19-23H2,1H3,(H,41,50)(H,42,52)(H,43,49)(H,44,51)(H,45,53)(H,47,48)(H,54,55)/t28-,29-,30-,31-,32-,33-/m0/s1. The molecular formula is C40H47N5O10. The molecule has 8 N–H and O–H groups in total. The average Bonchev–Trinajstić information content (AvgIpc) is 3.68. The van der Waals surface area contributed by atoms with E-state index in [4.69, 9.17) is 0 Å². The largest absolute Gasteiger partial charge is 0.508 e. The van der Waals surface area contributed by atoms with Gasteiger partial charge in [-0.15, -0.1) is 0 Å². The van der Waals surface area contributed by atoms with Crippen LogP contribution in [0, 0.1) is 11.8 Å². The van der Waals surface area contributed by atoms with Crippen LogP contribution in [0.4, 0.5) is 0 Å². The maximum atomic E-state index is 14.1. The molecular weight excluding hydrogens is 710 g/mol. The van der Waals surface area contributed by atoms with Crippen LogP contribution in [0.1, 0.15) is 48.8 Å². The Hall–Kier alpha value is -6.25. The number of benzene rings is 3. The maximum absolute atomic E-state index is 14.1. The van der Waals surface area contributed by atoms with Crippen molar-refractivity contribution in [3.05, 3.63) is 102 Å². The zero-order valence-electron chi connectivity index (χ0n) is 30.4. The van der Waals surface area contributed by atoms with Gasteiger partial charge >= 0.3 is 11.9 Å². The summed E-state index contributed by atoms with van der Waals surface area (Å²) in [5.74, 6) is -7.71. The molecule has 3 aromatic carbocycles. The van der Waals surface area contributed by atoms with E-state index in [0.29, 0.717) is 30.4 Å². The van der Waals surface area contributed by atoms with Crippen molar-refractivity contribution in [2.45, 2.75) is 75.5 Å². The van der Waals surface area contributed by atoms with Gasteiger partial charge in [-0.1, -0.05) is 79.2 Å². The first-order chi connectivity index (χ1) is 26.3. The van der Waals surface area contributed by atoms with Crippen molar-refractivity contribution in [2.24, 2.45) is 11.8 Å². The second kappa shape index (κ2) is 20.3. The molecule has 0 saturated heterocycles. The van der Waals surface area contributed by atoms with E-state index in [1.807, 2.05) is 0 Å². The summed E-state index contributed by atoms with van der Waals surface area (Å²) < 4.78 is 0. The van der Waals surface area contributed by atoms with Gasteiger partial charge in [0.15, 0.2) is 0 Å². The lowest BCUT2D eigenvalue weighted by atomic mass is 9.94. The summed E-state index contributed by atoms with van der Waals surface area (Å²) in [4.78, 5) is 91.5. The molecule has 3 aromatic rings. The molecule has 0 aromatic heterocycles. The molecule has 0 aliphatic heterocycles. The van der Waals surface area contributed by atoms with Crippen molar-refractivity contribution in [3.8, 4) is 5.75 Å². The van der Waals surface area contributed by atoms with Gasteiger partial charge < -0.3 is 41.9 Å². The number of carbonyl (C=O) groups is 7. The summed E-state index contributed by atoms with van der Waals surface area (Å²) in [6.07, 6.45) is 0.289. The lowest BCUT2D eigenvalue weighted by Crippen LogP contribution is -2.59. The fraction of sp³-hybridized carbons (Fsp3) is 0.375. The second-order valence-corrected chi connectivity index (χ2v) is 13.5. The van der Waals surface area contributed by atoms with Crippen LogP contribution < -0.4 is 26.6 Å². The highest BCUT2D eigenvalue weighted by Crippen LogP contribution is 2.32. The Morgan fingerprint density at radius 1 is 0.582 bits per heavy atom. The van der Waals surface area contributed by atoms with Crippen LogP contribution in [0.5, 0.6) is 5.75 Å². The van der Waals surface area contributed by atoms with Crippen molar-refractivity contribution in [1.82, 2.24) is 26.6 Å². The molecule has 0 spiro atoms. The topological polar surface area (TPSA) is 240 Å². The summed E-state index contributed by atoms with van der Waals surface area (Å²) in [5.41, 5.74) is 1.93. The minimum atomic E-state index is -1.43. The molecule has 0 unspecified atom stereocenters. The average molecular weight is 758 g/mol. The van der Waals surface area contributed by atoms with E-state index in [1.54, 1.807) is 72.8 Å². The minimum Gasteiger partial charge on any atom is -0.508 e. The van der Waals surface area contributed by atoms with Crippen molar-refractivity contribution in [2.75, 3.05) is 7.05 Å². The van der Waals surface area contributed by atoms with Crippen molar-refractivity contribution in [3.63, 3.8) is 0 Å². The number of aromatic hydroxyl groups is 1. The van der Waals surface area contributed by atoms with E-state index in [1.165, 1.54) is 19.2 Å². The molecule has 5 amide bonds. The second-order valence-electron chi connectivity index (χ2n) is 13.5. The number of hydrogen-bond acceptors (Lipinski definition) is 8. The molecule has 1 aliphatic carbocycles. The number of carboxylic acids is 2. The highest BCUT2D eigenvalue weighted by atomic mass is 16.4. The van der Waals surface area contributed by atoms with Crippen LogP contribution in [0.2, 0.25) is 0 Å². The van der Waals surface area contributed by atoms with Gasteiger partial charge in [-0.05, 0) is 48.1 Å². The van der Waals surface area contributed by atoms with Gasteiger partial charge in [0.2, 0.25) is 29.5 Å². The molecule has 1 saturated carbocycles. The third-order valence-corrected chi connectivity index (χ3v) is 9.54. The fourth-order valence-electron chi connectivity index (χ4n) is 6.57. The number of rotatable bonds is 19. The van der Waals surface area contributed by atoms with E-state index < -0.39 is 83.9 Å². The first-order valence-electron chi connectivity index (χ1n) is 18.1. The van der Waals surface area contributed by atoms with Gasteiger partial charge in [0, 0.05) is 32.7 Å².